The van der Waals surface area contributed by atoms with Gasteiger partial charge in [-0.05, 0) is 49.8 Å². The van der Waals surface area contributed by atoms with Gasteiger partial charge in [-0.1, -0.05) is 19.1 Å². The van der Waals surface area contributed by atoms with Crippen LogP contribution in [-0.4, -0.2) is 43.0 Å². The number of benzene rings is 1. The van der Waals surface area contributed by atoms with Crippen molar-refractivity contribution in [1.29, 1.82) is 0 Å². The smallest absolute Gasteiger partial charge is 0.317 e. The van der Waals surface area contributed by atoms with E-state index in [1.54, 1.807) is 13.1 Å². The van der Waals surface area contributed by atoms with Gasteiger partial charge in [0.25, 0.3) is 5.91 Å². The lowest BCUT2D eigenvalue weighted by atomic mass is 9.95. The van der Waals surface area contributed by atoms with Crippen molar-refractivity contribution in [2.45, 2.75) is 39.2 Å². The lowest BCUT2D eigenvalue weighted by Crippen LogP contribution is -2.49. The van der Waals surface area contributed by atoms with Crippen molar-refractivity contribution >= 4 is 11.9 Å². The molecule has 1 fully saturated rings. The standard InChI is InChI=1S/C18H27N3O2/c1-13-7-8-14(2)21(12-13)18(23)20-10-9-15-5-4-6-16(11-15)17(22)19-3/h4-6,11,13-14H,7-10,12H2,1-3H3,(H,19,22)(H,20,23)/t13-,14-/m0/s1. The number of amides is 3. The number of likely N-dealkylation sites (tertiary alicyclic amines) is 1. The summed E-state index contributed by atoms with van der Waals surface area (Å²) < 4.78 is 0. The molecule has 0 unspecified atom stereocenters. The van der Waals surface area contributed by atoms with Crippen LogP contribution in [0.5, 0.6) is 0 Å². The summed E-state index contributed by atoms with van der Waals surface area (Å²) in [6.45, 7) is 5.71. The number of rotatable bonds is 4. The van der Waals surface area contributed by atoms with Gasteiger partial charge in [0.15, 0.2) is 0 Å². The Labute approximate surface area is 138 Å². The molecule has 0 radical (unpaired) electrons. The van der Waals surface area contributed by atoms with E-state index in [1.165, 1.54) is 6.42 Å². The van der Waals surface area contributed by atoms with Crippen LogP contribution in [0.4, 0.5) is 4.79 Å². The quantitative estimate of drug-likeness (QED) is 0.896. The van der Waals surface area contributed by atoms with Crippen molar-refractivity contribution < 1.29 is 9.59 Å². The number of hydrogen-bond donors (Lipinski definition) is 2. The Hall–Kier alpha value is -2.04. The molecule has 3 amide bonds. The molecule has 0 aliphatic carbocycles. The lowest BCUT2D eigenvalue weighted by Gasteiger charge is -2.36. The molecule has 0 spiro atoms. The van der Waals surface area contributed by atoms with E-state index in [-0.39, 0.29) is 11.9 Å². The number of urea groups is 1. The van der Waals surface area contributed by atoms with Crippen molar-refractivity contribution in [3.63, 3.8) is 0 Å². The molecule has 1 aliphatic rings. The van der Waals surface area contributed by atoms with E-state index in [0.717, 1.165) is 18.5 Å². The van der Waals surface area contributed by atoms with Gasteiger partial charge in [0.05, 0.1) is 0 Å². The molecular weight excluding hydrogens is 290 g/mol. The van der Waals surface area contributed by atoms with Crippen LogP contribution >= 0.6 is 0 Å². The molecule has 1 saturated heterocycles. The summed E-state index contributed by atoms with van der Waals surface area (Å²) in [5.74, 6) is 0.480. The molecule has 126 valence electrons. The van der Waals surface area contributed by atoms with Gasteiger partial charge in [0.2, 0.25) is 0 Å². The van der Waals surface area contributed by atoms with Crippen molar-refractivity contribution in [2.24, 2.45) is 5.92 Å². The van der Waals surface area contributed by atoms with Gasteiger partial charge in [-0.2, -0.15) is 0 Å². The van der Waals surface area contributed by atoms with Crippen molar-refractivity contribution in [1.82, 2.24) is 15.5 Å². The van der Waals surface area contributed by atoms with Crippen LogP contribution < -0.4 is 10.6 Å². The van der Waals surface area contributed by atoms with E-state index in [9.17, 15) is 9.59 Å². The Bertz CT molecular complexity index is 559. The van der Waals surface area contributed by atoms with Crippen LogP contribution in [0.2, 0.25) is 0 Å². The SMILES string of the molecule is CNC(=O)c1cccc(CCNC(=O)N2C[C@@H](C)CC[C@@H]2C)c1. The molecule has 5 heteroatoms. The molecule has 5 nitrogen and oxygen atoms in total. The Balaban J connectivity index is 1.84. The molecule has 0 saturated carbocycles. The molecule has 1 aromatic carbocycles. The van der Waals surface area contributed by atoms with Gasteiger partial charge < -0.3 is 15.5 Å². The summed E-state index contributed by atoms with van der Waals surface area (Å²) >= 11 is 0. The third-order valence-corrected chi connectivity index (χ3v) is 4.48. The van der Waals surface area contributed by atoms with Crippen LogP contribution in [0.25, 0.3) is 0 Å². The Morgan fingerprint density at radius 3 is 2.78 bits per heavy atom. The zero-order chi connectivity index (χ0) is 16.8. The molecule has 2 atom stereocenters. The van der Waals surface area contributed by atoms with E-state index < -0.39 is 0 Å². The Morgan fingerprint density at radius 1 is 1.26 bits per heavy atom. The molecule has 1 heterocycles. The number of carbonyl (C=O) groups is 2. The van der Waals surface area contributed by atoms with Gasteiger partial charge >= 0.3 is 6.03 Å². The number of nitrogens with zero attached hydrogens (tertiary/aromatic N) is 1. The first-order valence-electron chi connectivity index (χ1n) is 8.36. The molecular formula is C18H27N3O2. The van der Waals surface area contributed by atoms with Crippen molar-refractivity contribution in [3.05, 3.63) is 35.4 Å². The molecule has 1 aromatic rings. The zero-order valence-electron chi connectivity index (χ0n) is 14.3. The van der Waals surface area contributed by atoms with Gasteiger partial charge in [-0.3, -0.25) is 4.79 Å². The first-order valence-corrected chi connectivity index (χ1v) is 8.36. The monoisotopic (exact) mass is 317 g/mol. The van der Waals surface area contributed by atoms with Crippen LogP contribution in [-0.2, 0) is 6.42 Å². The van der Waals surface area contributed by atoms with E-state index in [1.807, 2.05) is 23.1 Å². The van der Waals surface area contributed by atoms with Crippen molar-refractivity contribution in [3.8, 4) is 0 Å². The number of hydrogen-bond acceptors (Lipinski definition) is 2. The van der Waals surface area contributed by atoms with Gasteiger partial charge in [0, 0.05) is 31.7 Å². The molecule has 0 aromatic heterocycles. The van der Waals surface area contributed by atoms with Crippen LogP contribution in [0, 0.1) is 5.92 Å². The average molecular weight is 317 g/mol. The second-order valence-electron chi connectivity index (χ2n) is 6.45. The maximum Gasteiger partial charge on any atom is 0.317 e. The summed E-state index contributed by atoms with van der Waals surface area (Å²) in [6, 6.07) is 7.84. The van der Waals surface area contributed by atoms with E-state index >= 15 is 0 Å². The first-order chi connectivity index (χ1) is 11.0. The predicted molar refractivity (Wildman–Crippen MR) is 91.5 cm³/mol. The highest BCUT2D eigenvalue weighted by atomic mass is 16.2. The third kappa shape index (κ3) is 4.71. The maximum absolute atomic E-state index is 12.3. The minimum atomic E-state index is -0.0907. The first kappa shape index (κ1) is 17.3. The minimum Gasteiger partial charge on any atom is -0.355 e. The fourth-order valence-electron chi connectivity index (χ4n) is 3.00. The van der Waals surface area contributed by atoms with Crippen molar-refractivity contribution in [2.75, 3.05) is 20.1 Å². The average Bonchev–Trinajstić information content (AvgIpc) is 2.56. The normalized spacial score (nSPS) is 20.9. The second kappa shape index (κ2) is 7.99. The second-order valence-corrected chi connectivity index (χ2v) is 6.45. The molecule has 23 heavy (non-hydrogen) atoms. The van der Waals surface area contributed by atoms with E-state index in [4.69, 9.17) is 0 Å². The zero-order valence-corrected chi connectivity index (χ0v) is 14.3. The number of piperidine rings is 1. The summed E-state index contributed by atoms with van der Waals surface area (Å²) in [5, 5.41) is 5.62. The Morgan fingerprint density at radius 2 is 2.04 bits per heavy atom. The predicted octanol–water partition coefficient (Wildman–Crippen LogP) is 2.42. The number of carbonyl (C=O) groups excluding carboxylic acids is 2. The Kier molecular flexibility index (Phi) is 6.02. The maximum atomic E-state index is 12.3. The highest BCUT2D eigenvalue weighted by Crippen LogP contribution is 2.21. The van der Waals surface area contributed by atoms with Crippen LogP contribution in [0.15, 0.2) is 24.3 Å². The van der Waals surface area contributed by atoms with Crippen LogP contribution in [0.1, 0.15) is 42.6 Å². The fraction of sp³-hybridized carbons (Fsp3) is 0.556. The molecule has 2 rings (SSSR count). The van der Waals surface area contributed by atoms with E-state index in [2.05, 4.69) is 24.5 Å². The molecule has 1 aliphatic heterocycles. The highest BCUT2D eigenvalue weighted by Gasteiger charge is 2.26. The lowest BCUT2D eigenvalue weighted by molar-refractivity contribution is 0.0963. The summed E-state index contributed by atoms with van der Waals surface area (Å²) in [6.07, 6.45) is 2.98. The van der Waals surface area contributed by atoms with E-state index in [0.29, 0.717) is 30.5 Å². The number of nitrogens with one attached hydrogen (secondary N) is 2. The highest BCUT2D eigenvalue weighted by molar-refractivity contribution is 5.94. The minimum absolute atomic E-state index is 0.0199. The summed E-state index contributed by atoms with van der Waals surface area (Å²) in [5.41, 5.74) is 1.70. The van der Waals surface area contributed by atoms with Gasteiger partial charge in [0.1, 0.15) is 0 Å². The van der Waals surface area contributed by atoms with Gasteiger partial charge in [-0.15, -0.1) is 0 Å². The largest absolute Gasteiger partial charge is 0.355 e. The third-order valence-electron chi connectivity index (χ3n) is 4.48. The fourth-order valence-corrected chi connectivity index (χ4v) is 3.00. The molecule has 0 bridgehead atoms. The summed E-state index contributed by atoms with van der Waals surface area (Å²) in [7, 11) is 1.62. The summed E-state index contributed by atoms with van der Waals surface area (Å²) in [4.78, 5) is 25.9. The van der Waals surface area contributed by atoms with Crippen LogP contribution in [0.3, 0.4) is 0 Å². The topological polar surface area (TPSA) is 61.4 Å². The van der Waals surface area contributed by atoms with Gasteiger partial charge in [-0.25, -0.2) is 4.79 Å². The molecule has 2 N–H and O–H groups in total.